The van der Waals surface area contributed by atoms with Crippen LogP contribution in [0.2, 0.25) is 0 Å². The normalized spacial score (nSPS) is 20.8. The van der Waals surface area contributed by atoms with Gasteiger partial charge in [-0.15, -0.1) is 0 Å². The van der Waals surface area contributed by atoms with Crippen molar-refractivity contribution in [2.45, 2.75) is 38.6 Å². The third-order valence-corrected chi connectivity index (χ3v) is 3.89. The SMILES string of the molecule is COc1ccc2c(c1)[C@@H](C)CC(C)(C)N2CC(=O)O. The van der Waals surface area contributed by atoms with Crippen molar-refractivity contribution >= 4 is 11.7 Å². The Hall–Kier alpha value is -1.71. The maximum Gasteiger partial charge on any atom is 0.323 e. The van der Waals surface area contributed by atoms with E-state index < -0.39 is 5.97 Å². The van der Waals surface area contributed by atoms with Crippen molar-refractivity contribution in [2.24, 2.45) is 0 Å². The summed E-state index contributed by atoms with van der Waals surface area (Å²) in [5.74, 6) is 0.412. The van der Waals surface area contributed by atoms with Crippen molar-refractivity contribution < 1.29 is 14.6 Å². The van der Waals surface area contributed by atoms with Crippen LogP contribution in [-0.4, -0.2) is 30.3 Å². The van der Waals surface area contributed by atoms with Crippen LogP contribution in [0.15, 0.2) is 18.2 Å². The maximum atomic E-state index is 11.1. The fraction of sp³-hybridized carbons (Fsp3) is 0.533. The van der Waals surface area contributed by atoms with Crippen molar-refractivity contribution in [3.63, 3.8) is 0 Å². The Bertz CT molecular complexity index is 496. The lowest BCUT2D eigenvalue weighted by Gasteiger charge is -2.46. The van der Waals surface area contributed by atoms with E-state index in [0.717, 1.165) is 17.9 Å². The summed E-state index contributed by atoms with van der Waals surface area (Å²) in [5, 5.41) is 9.12. The van der Waals surface area contributed by atoms with Gasteiger partial charge in [-0.1, -0.05) is 6.92 Å². The first-order chi connectivity index (χ1) is 8.85. The molecule has 1 atom stereocenters. The third-order valence-electron chi connectivity index (χ3n) is 3.89. The molecule has 1 N–H and O–H groups in total. The number of hydrogen-bond acceptors (Lipinski definition) is 3. The van der Waals surface area contributed by atoms with Gasteiger partial charge in [-0.05, 0) is 49.9 Å². The van der Waals surface area contributed by atoms with E-state index in [1.54, 1.807) is 7.11 Å². The van der Waals surface area contributed by atoms with Crippen LogP contribution in [0.25, 0.3) is 0 Å². The standard InChI is InChI=1S/C15H21NO3/c1-10-8-15(2,3)16(9-14(17)18)13-6-5-11(19-4)7-12(10)13/h5-7,10H,8-9H2,1-4H3,(H,17,18)/t10-/m0/s1. The fourth-order valence-electron chi connectivity index (χ4n) is 3.03. The lowest BCUT2D eigenvalue weighted by Crippen LogP contribution is -2.50. The molecule has 4 nitrogen and oxygen atoms in total. The summed E-state index contributed by atoms with van der Waals surface area (Å²) in [7, 11) is 1.65. The highest BCUT2D eigenvalue weighted by Crippen LogP contribution is 2.44. The number of benzene rings is 1. The van der Waals surface area contributed by atoms with Gasteiger partial charge in [0.25, 0.3) is 0 Å². The number of aliphatic carboxylic acids is 1. The molecule has 0 saturated heterocycles. The van der Waals surface area contributed by atoms with Gasteiger partial charge in [-0.2, -0.15) is 0 Å². The van der Waals surface area contributed by atoms with Gasteiger partial charge >= 0.3 is 5.97 Å². The largest absolute Gasteiger partial charge is 0.497 e. The molecule has 0 radical (unpaired) electrons. The van der Waals surface area contributed by atoms with Crippen molar-refractivity contribution in [2.75, 3.05) is 18.6 Å². The first kappa shape index (κ1) is 13.7. The van der Waals surface area contributed by atoms with Gasteiger partial charge in [0.2, 0.25) is 0 Å². The summed E-state index contributed by atoms with van der Waals surface area (Å²) in [5.41, 5.74) is 2.02. The van der Waals surface area contributed by atoms with Crippen LogP contribution in [0.1, 0.15) is 38.7 Å². The minimum absolute atomic E-state index is 0.0268. The summed E-state index contributed by atoms with van der Waals surface area (Å²) in [4.78, 5) is 13.1. The zero-order chi connectivity index (χ0) is 14.2. The second-order valence-corrected chi connectivity index (χ2v) is 5.82. The van der Waals surface area contributed by atoms with E-state index in [1.165, 1.54) is 5.56 Å². The Morgan fingerprint density at radius 1 is 1.53 bits per heavy atom. The van der Waals surface area contributed by atoms with Gasteiger partial charge in [-0.25, -0.2) is 0 Å². The number of carboxylic acid groups (broad SMARTS) is 1. The molecule has 0 aliphatic carbocycles. The molecule has 1 aromatic carbocycles. The van der Waals surface area contributed by atoms with E-state index in [-0.39, 0.29) is 12.1 Å². The molecule has 1 aliphatic heterocycles. The number of fused-ring (bicyclic) bond motifs is 1. The minimum Gasteiger partial charge on any atom is -0.497 e. The average Bonchev–Trinajstić information content (AvgIpc) is 2.33. The predicted octanol–water partition coefficient (Wildman–Crippen LogP) is 2.87. The molecule has 0 amide bonds. The van der Waals surface area contributed by atoms with E-state index in [4.69, 9.17) is 9.84 Å². The maximum absolute atomic E-state index is 11.1. The second-order valence-electron chi connectivity index (χ2n) is 5.82. The Morgan fingerprint density at radius 2 is 2.21 bits per heavy atom. The summed E-state index contributed by atoms with van der Waals surface area (Å²) in [6, 6.07) is 5.88. The average molecular weight is 263 g/mol. The smallest absolute Gasteiger partial charge is 0.323 e. The van der Waals surface area contributed by atoms with Gasteiger partial charge in [-0.3, -0.25) is 4.79 Å². The van der Waals surface area contributed by atoms with Crippen molar-refractivity contribution in [3.8, 4) is 5.75 Å². The van der Waals surface area contributed by atoms with E-state index >= 15 is 0 Å². The molecule has 1 aliphatic rings. The lowest BCUT2D eigenvalue weighted by atomic mass is 9.80. The molecule has 0 unspecified atom stereocenters. The highest BCUT2D eigenvalue weighted by molar-refractivity contribution is 5.76. The molecule has 0 aromatic heterocycles. The van der Waals surface area contributed by atoms with Gasteiger partial charge < -0.3 is 14.7 Å². The summed E-state index contributed by atoms with van der Waals surface area (Å²) < 4.78 is 5.26. The molecule has 1 aromatic rings. The van der Waals surface area contributed by atoms with Gasteiger partial charge in [0, 0.05) is 11.2 Å². The monoisotopic (exact) mass is 263 g/mol. The Kier molecular flexibility index (Phi) is 3.43. The van der Waals surface area contributed by atoms with Crippen LogP contribution in [0.5, 0.6) is 5.75 Å². The lowest BCUT2D eigenvalue weighted by molar-refractivity contribution is -0.135. The highest BCUT2D eigenvalue weighted by Gasteiger charge is 2.37. The fourth-order valence-corrected chi connectivity index (χ4v) is 3.03. The molecular weight excluding hydrogens is 242 g/mol. The van der Waals surface area contributed by atoms with Crippen LogP contribution in [0, 0.1) is 0 Å². The Balaban J connectivity index is 2.49. The van der Waals surface area contributed by atoms with Crippen molar-refractivity contribution in [1.29, 1.82) is 0 Å². The number of anilines is 1. The second kappa shape index (κ2) is 4.76. The van der Waals surface area contributed by atoms with Crippen molar-refractivity contribution in [1.82, 2.24) is 0 Å². The summed E-state index contributed by atoms with van der Waals surface area (Å²) in [6.45, 7) is 6.40. The number of carboxylic acids is 1. The molecule has 2 rings (SSSR count). The molecule has 0 bridgehead atoms. The molecule has 0 saturated carbocycles. The number of hydrogen-bond donors (Lipinski definition) is 1. The number of ether oxygens (including phenoxy) is 1. The molecular formula is C15H21NO3. The number of rotatable bonds is 3. The molecule has 104 valence electrons. The van der Waals surface area contributed by atoms with Crippen LogP contribution in [0.4, 0.5) is 5.69 Å². The highest BCUT2D eigenvalue weighted by atomic mass is 16.5. The van der Waals surface area contributed by atoms with Gasteiger partial charge in [0.15, 0.2) is 0 Å². The van der Waals surface area contributed by atoms with E-state index in [0.29, 0.717) is 5.92 Å². The number of nitrogens with zero attached hydrogens (tertiary/aromatic N) is 1. The molecule has 0 fully saturated rings. The zero-order valence-electron chi connectivity index (χ0n) is 11.9. The van der Waals surface area contributed by atoms with E-state index in [9.17, 15) is 4.79 Å². The number of methoxy groups -OCH3 is 1. The molecule has 1 heterocycles. The van der Waals surface area contributed by atoms with Crippen LogP contribution >= 0.6 is 0 Å². The first-order valence-electron chi connectivity index (χ1n) is 6.52. The number of carbonyl (C=O) groups is 1. The predicted molar refractivity (Wildman–Crippen MR) is 75.1 cm³/mol. The zero-order valence-corrected chi connectivity index (χ0v) is 11.9. The van der Waals surface area contributed by atoms with E-state index in [2.05, 4.69) is 20.8 Å². The molecule has 4 heteroatoms. The Labute approximate surface area is 114 Å². The topological polar surface area (TPSA) is 49.8 Å². The summed E-state index contributed by atoms with van der Waals surface area (Å²) in [6.07, 6.45) is 0.931. The first-order valence-corrected chi connectivity index (χ1v) is 6.52. The van der Waals surface area contributed by atoms with Crippen LogP contribution in [-0.2, 0) is 4.79 Å². The quantitative estimate of drug-likeness (QED) is 0.911. The summed E-state index contributed by atoms with van der Waals surface area (Å²) >= 11 is 0. The third kappa shape index (κ3) is 2.53. The molecule has 0 spiro atoms. The van der Waals surface area contributed by atoms with Gasteiger partial charge in [0.05, 0.1) is 7.11 Å². The van der Waals surface area contributed by atoms with Crippen LogP contribution in [0.3, 0.4) is 0 Å². The van der Waals surface area contributed by atoms with Crippen LogP contribution < -0.4 is 9.64 Å². The minimum atomic E-state index is -0.801. The van der Waals surface area contributed by atoms with E-state index in [1.807, 2.05) is 23.1 Å². The molecule has 19 heavy (non-hydrogen) atoms. The van der Waals surface area contributed by atoms with Crippen molar-refractivity contribution in [3.05, 3.63) is 23.8 Å². The van der Waals surface area contributed by atoms with Gasteiger partial charge in [0.1, 0.15) is 12.3 Å². The Morgan fingerprint density at radius 3 is 2.79 bits per heavy atom.